The lowest BCUT2D eigenvalue weighted by Crippen LogP contribution is -2.27. The highest BCUT2D eigenvalue weighted by atomic mass is 15.1. The number of fused-ring (bicyclic) bond motifs is 1. The fourth-order valence-electron chi connectivity index (χ4n) is 2.32. The van der Waals surface area contributed by atoms with Gasteiger partial charge in [0.1, 0.15) is 0 Å². The number of hydrogen-bond donors (Lipinski definition) is 1. The van der Waals surface area contributed by atoms with Crippen molar-refractivity contribution < 1.29 is 0 Å². The maximum absolute atomic E-state index is 4.61. The van der Waals surface area contributed by atoms with Crippen molar-refractivity contribution in [2.45, 2.75) is 19.5 Å². The molecular formula is C15H18N4. The number of likely N-dealkylation sites (N-methyl/N-ethyl adjacent to an activating group) is 1. The van der Waals surface area contributed by atoms with Gasteiger partial charge in [-0.1, -0.05) is 30.3 Å². The molecule has 1 aliphatic heterocycles. The summed E-state index contributed by atoms with van der Waals surface area (Å²) in [5.41, 5.74) is 3.67. The zero-order valence-corrected chi connectivity index (χ0v) is 11.1. The average Bonchev–Trinajstić information content (AvgIpc) is 2.46. The lowest BCUT2D eigenvalue weighted by atomic mass is 10.1. The van der Waals surface area contributed by atoms with Crippen LogP contribution in [0.1, 0.15) is 16.8 Å². The summed E-state index contributed by atoms with van der Waals surface area (Å²) in [7, 11) is 2.13. The van der Waals surface area contributed by atoms with Gasteiger partial charge in [0.2, 0.25) is 5.95 Å². The Morgan fingerprint density at radius 3 is 2.95 bits per heavy atom. The van der Waals surface area contributed by atoms with E-state index in [4.69, 9.17) is 0 Å². The molecule has 2 heterocycles. The van der Waals surface area contributed by atoms with Crippen LogP contribution in [-0.2, 0) is 19.5 Å². The molecule has 0 amide bonds. The van der Waals surface area contributed by atoms with Gasteiger partial charge in [-0.3, -0.25) is 0 Å². The standard InChI is InChI=1S/C15H18N4/c1-19-8-7-14-13(11-19)10-17-15(18-14)16-9-12-5-3-2-4-6-12/h2-6,10H,7-9,11H2,1H3,(H,16,17,18). The maximum Gasteiger partial charge on any atom is 0.223 e. The molecule has 0 spiro atoms. The summed E-state index contributed by atoms with van der Waals surface area (Å²) < 4.78 is 0. The Morgan fingerprint density at radius 1 is 1.26 bits per heavy atom. The van der Waals surface area contributed by atoms with Crippen LogP contribution in [0, 0.1) is 0 Å². The minimum atomic E-state index is 0.729. The summed E-state index contributed by atoms with van der Waals surface area (Å²) in [6, 6.07) is 10.3. The smallest absolute Gasteiger partial charge is 0.223 e. The molecule has 0 aliphatic carbocycles. The SMILES string of the molecule is CN1CCc2nc(NCc3ccccc3)ncc2C1. The Hall–Kier alpha value is -1.94. The Bertz CT molecular complexity index is 553. The minimum absolute atomic E-state index is 0.729. The third-order valence-corrected chi connectivity index (χ3v) is 3.42. The van der Waals surface area contributed by atoms with E-state index in [1.165, 1.54) is 16.8 Å². The fourth-order valence-corrected chi connectivity index (χ4v) is 2.32. The summed E-state index contributed by atoms with van der Waals surface area (Å²) >= 11 is 0. The highest BCUT2D eigenvalue weighted by Gasteiger charge is 2.15. The number of benzene rings is 1. The van der Waals surface area contributed by atoms with Crippen LogP contribution < -0.4 is 5.32 Å². The van der Waals surface area contributed by atoms with Crippen molar-refractivity contribution in [3.8, 4) is 0 Å². The lowest BCUT2D eigenvalue weighted by Gasteiger charge is -2.23. The first-order valence-electron chi connectivity index (χ1n) is 6.62. The first-order valence-corrected chi connectivity index (χ1v) is 6.62. The van der Waals surface area contributed by atoms with Gasteiger partial charge in [-0.05, 0) is 12.6 Å². The van der Waals surface area contributed by atoms with Crippen molar-refractivity contribution >= 4 is 5.95 Å². The molecule has 19 heavy (non-hydrogen) atoms. The molecule has 0 fully saturated rings. The molecule has 0 atom stereocenters. The summed E-state index contributed by atoms with van der Waals surface area (Å²) in [5.74, 6) is 0.729. The van der Waals surface area contributed by atoms with Crippen LogP contribution in [0.4, 0.5) is 5.95 Å². The highest BCUT2D eigenvalue weighted by molar-refractivity contribution is 5.32. The van der Waals surface area contributed by atoms with Crippen molar-refractivity contribution in [3.05, 3.63) is 53.3 Å². The third-order valence-electron chi connectivity index (χ3n) is 3.42. The van der Waals surface area contributed by atoms with Gasteiger partial charge in [0.15, 0.2) is 0 Å². The predicted octanol–water partition coefficient (Wildman–Crippen LogP) is 2.08. The minimum Gasteiger partial charge on any atom is -0.350 e. The van der Waals surface area contributed by atoms with E-state index in [0.29, 0.717) is 0 Å². The summed E-state index contributed by atoms with van der Waals surface area (Å²) in [6.07, 6.45) is 2.96. The van der Waals surface area contributed by atoms with Gasteiger partial charge in [0.25, 0.3) is 0 Å². The topological polar surface area (TPSA) is 41.1 Å². The monoisotopic (exact) mass is 254 g/mol. The van der Waals surface area contributed by atoms with Gasteiger partial charge in [0.05, 0.1) is 5.69 Å². The molecule has 3 rings (SSSR count). The number of hydrogen-bond acceptors (Lipinski definition) is 4. The van der Waals surface area contributed by atoms with Crippen LogP contribution in [0.2, 0.25) is 0 Å². The van der Waals surface area contributed by atoms with Crippen LogP contribution in [0.15, 0.2) is 36.5 Å². The van der Waals surface area contributed by atoms with E-state index >= 15 is 0 Å². The number of nitrogens with one attached hydrogen (secondary N) is 1. The van der Waals surface area contributed by atoms with Gasteiger partial charge in [0, 0.05) is 37.8 Å². The fraction of sp³-hybridized carbons (Fsp3) is 0.333. The molecule has 1 N–H and O–H groups in total. The molecule has 0 saturated carbocycles. The average molecular weight is 254 g/mol. The molecule has 98 valence electrons. The van der Waals surface area contributed by atoms with Gasteiger partial charge in [-0.2, -0.15) is 0 Å². The Kier molecular flexibility index (Phi) is 3.42. The number of aromatic nitrogens is 2. The zero-order chi connectivity index (χ0) is 13.1. The number of rotatable bonds is 3. The second kappa shape index (κ2) is 5.36. The van der Waals surface area contributed by atoms with E-state index in [1.54, 1.807) is 0 Å². The maximum atomic E-state index is 4.61. The highest BCUT2D eigenvalue weighted by Crippen LogP contribution is 2.16. The second-order valence-corrected chi connectivity index (χ2v) is 4.99. The van der Waals surface area contributed by atoms with Gasteiger partial charge in [-0.25, -0.2) is 9.97 Å². The van der Waals surface area contributed by atoms with Gasteiger partial charge >= 0.3 is 0 Å². The van der Waals surface area contributed by atoms with Crippen molar-refractivity contribution in [2.24, 2.45) is 0 Å². The summed E-state index contributed by atoms with van der Waals surface area (Å²) in [5, 5.41) is 3.29. The molecule has 0 radical (unpaired) electrons. The van der Waals surface area contributed by atoms with Crippen LogP contribution >= 0.6 is 0 Å². The third kappa shape index (κ3) is 2.90. The predicted molar refractivity (Wildman–Crippen MR) is 75.8 cm³/mol. The second-order valence-electron chi connectivity index (χ2n) is 4.99. The Balaban J connectivity index is 1.69. The Morgan fingerprint density at radius 2 is 2.11 bits per heavy atom. The molecule has 1 aliphatic rings. The summed E-state index contributed by atoms with van der Waals surface area (Å²) in [6.45, 7) is 2.79. The quantitative estimate of drug-likeness (QED) is 0.910. The van der Waals surface area contributed by atoms with E-state index in [9.17, 15) is 0 Å². The van der Waals surface area contributed by atoms with E-state index in [1.807, 2.05) is 24.4 Å². The molecule has 1 aromatic carbocycles. The van der Waals surface area contributed by atoms with Crippen LogP contribution in [0.5, 0.6) is 0 Å². The molecule has 0 unspecified atom stereocenters. The van der Waals surface area contributed by atoms with Crippen LogP contribution in [-0.4, -0.2) is 28.5 Å². The molecule has 0 bridgehead atoms. The molecule has 4 heteroatoms. The van der Waals surface area contributed by atoms with Crippen molar-refractivity contribution in [1.29, 1.82) is 0 Å². The van der Waals surface area contributed by atoms with E-state index in [2.05, 4.69) is 39.4 Å². The lowest BCUT2D eigenvalue weighted by molar-refractivity contribution is 0.309. The molecular weight excluding hydrogens is 236 g/mol. The normalized spacial score (nSPS) is 15.0. The summed E-state index contributed by atoms with van der Waals surface area (Å²) in [4.78, 5) is 11.3. The molecule has 0 saturated heterocycles. The van der Waals surface area contributed by atoms with Gasteiger partial charge < -0.3 is 10.2 Å². The van der Waals surface area contributed by atoms with Crippen molar-refractivity contribution in [3.63, 3.8) is 0 Å². The largest absolute Gasteiger partial charge is 0.350 e. The van der Waals surface area contributed by atoms with E-state index < -0.39 is 0 Å². The van der Waals surface area contributed by atoms with Gasteiger partial charge in [-0.15, -0.1) is 0 Å². The van der Waals surface area contributed by atoms with Crippen LogP contribution in [0.3, 0.4) is 0 Å². The molecule has 2 aromatic rings. The first kappa shape index (κ1) is 12.1. The van der Waals surface area contributed by atoms with E-state index in [-0.39, 0.29) is 0 Å². The van der Waals surface area contributed by atoms with E-state index in [0.717, 1.165) is 32.0 Å². The van der Waals surface area contributed by atoms with Crippen molar-refractivity contribution in [1.82, 2.24) is 14.9 Å². The number of nitrogens with zero attached hydrogens (tertiary/aromatic N) is 3. The molecule has 4 nitrogen and oxygen atoms in total. The molecule has 1 aromatic heterocycles. The number of anilines is 1. The van der Waals surface area contributed by atoms with Crippen LogP contribution in [0.25, 0.3) is 0 Å². The Labute approximate surface area is 113 Å². The first-order chi connectivity index (χ1) is 9.31. The zero-order valence-electron chi connectivity index (χ0n) is 11.1. The van der Waals surface area contributed by atoms with Crippen molar-refractivity contribution in [2.75, 3.05) is 18.9 Å².